The third-order valence-corrected chi connectivity index (χ3v) is 3.32. The van der Waals surface area contributed by atoms with Gasteiger partial charge in [-0.05, 0) is 50.1 Å². The van der Waals surface area contributed by atoms with Crippen LogP contribution in [0.5, 0.6) is 0 Å². The summed E-state index contributed by atoms with van der Waals surface area (Å²) < 4.78 is 32.8. The Labute approximate surface area is 120 Å². The lowest BCUT2D eigenvalue weighted by atomic mass is 9.97. The first-order valence-electron chi connectivity index (χ1n) is 7.41. The van der Waals surface area contributed by atoms with Gasteiger partial charge in [-0.15, -0.1) is 0 Å². The topological polar surface area (TPSA) is 21.3 Å². The summed E-state index contributed by atoms with van der Waals surface area (Å²) in [5.41, 5.74) is 0.400. The number of ether oxygens (including phenoxy) is 1. The van der Waals surface area contributed by atoms with Crippen LogP contribution in [0.2, 0.25) is 0 Å². The van der Waals surface area contributed by atoms with Gasteiger partial charge >= 0.3 is 0 Å². The van der Waals surface area contributed by atoms with E-state index in [0.29, 0.717) is 18.6 Å². The summed E-state index contributed by atoms with van der Waals surface area (Å²) in [4.78, 5) is 0. The van der Waals surface area contributed by atoms with E-state index in [0.717, 1.165) is 25.5 Å². The van der Waals surface area contributed by atoms with Gasteiger partial charge in [-0.1, -0.05) is 20.3 Å². The molecule has 20 heavy (non-hydrogen) atoms. The molecule has 4 heteroatoms. The predicted molar refractivity (Wildman–Crippen MR) is 77.8 cm³/mol. The molecule has 0 radical (unpaired) electrons. The van der Waals surface area contributed by atoms with Crippen LogP contribution in [-0.4, -0.2) is 25.3 Å². The van der Waals surface area contributed by atoms with Gasteiger partial charge in [-0.3, -0.25) is 0 Å². The van der Waals surface area contributed by atoms with E-state index in [4.69, 9.17) is 4.74 Å². The summed E-state index contributed by atoms with van der Waals surface area (Å²) >= 11 is 0. The molecule has 0 aliphatic rings. The summed E-state index contributed by atoms with van der Waals surface area (Å²) in [5.74, 6) is -0.763. The van der Waals surface area contributed by atoms with Crippen LogP contribution in [0.25, 0.3) is 0 Å². The van der Waals surface area contributed by atoms with Crippen LogP contribution in [0.15, 0.2) is 18.2 Å². The predicted octanol–water partition coefficient (Wildman–Crippen LogP) is 3.69. The third kappa shape index (κ3) is 5.17. The van der Waals surface area contributed by atoms with Crippen molar-refractivity contribution in [2.24, 2.45) is 0 Å². The van der Waals surface area contributed by atoms with E-state index < -0.39 is 5.82 Å². The molecule has 1 aromatic rings. The molecule has 1 N–H and O–H groups in total. The molecule has 0 aromatic heterocycles. The van der Waals surface area contributed by atoms with Gasteiger partial charge < -0.3 is 10.1 Å². The second kappa shape index (κ2) is 9.03. The van der Waals surface area contributed by atoms with Gasteiger partial charge in [0.1, 0.15) is 11.6 Å². The Morgan fingerprint density at radius 3 is 2.55 bits per heavy atom. The Kier molecular flexibility index (Phi) is 7.70. The van der Waals surface area contributed by atoms with E-state index in [9.17, 15) is 8.78 Å². The molecule has 114 valence electrons. The molecule has 1 rings (SSSR count). The number of hydrogen-bond acceptors (Lipinski definition) is 2. The van der Waals surface area contributed by atoms with E-state index in [1.165, 1.54) is 12.1 Å². The lowest BCUT2D eigenvalue weighted by Gasteiger charge is -2.28. The molecule has 1 aromatic carbocycles. The zero-order valence-corrected chi connectivity index (χ0v) is 12.6. The molecular weight excluding hydrogens is 260 g/mol. The zero-order chi connectivity index (χ0) is 15.0. The van der Waals surface area contributed by atoms with Gasteiger partial charge in [0.05, 0.1) is 6.10 Å². The fourth-order valence-corrected chi connectivity index (χ4v) is 2.43. The smallest absolute Gasteiger partial charge is 0.126 e. The Balaban J connectivity index is 2.86. The van der Waals surface area contributed by atoms with Gasteiger partial charge in [0.2, 0.25) is 0 Å². The maximum atomic E-state index is 13.8. The molecule has 2 nitrogen and oxygen atoms in total. The monoisotopic (exact) mass is 285 g/mol. The van der Waals surface area contributed by atoms with Crippen molar-refractivity contribution in [2.75, 3.05) is 13.2 Å². The van der Waals surface area contributed by atoms with Crippen LogP contribution >= 0.6 is 0 Å². The Morgan fingerprint density at radius 2 is 1.95 bits per heavy atom. The van der Waals surface area contributed by atoms with Crippen molar-refractivity contribution in [3.8, 4) is 0 Å². The van der Waals surface area contributed by atoms with Crippen molar-refractivity contribution < 1.29 is 13.5 Å². The third-order valence-electron chi connectivity index (χ3n) is 3.32. The lowest BCUT2D eigenvalue weighted by Crippen LogP contribution is -2.43. The van der Waals surface area contributed by atoms with Crippen molar-refractivity contribution in [3.63, 3.8) is 0 Å². The molecule has 0 fully saturated rings. The second-order valence-corrected chi connectivity index (χ2v) is 4.89. The molecule has 0 heterocycles. The van der Waals surface area contributed by atoms with Gasteiger partial charge in [-0.25, -0.2) is 8.78 Å². The first-order valence-corrected chi connectivity index (χ1v) is 7.41. The highest BCUT2D eigenvalue weighted by Gasteiger charge is 2.22. The molecule has 2 atom stereocenters. The first-order chi connectivity index (χ1) is 9.62. The minimum atomic E-state index is -0.403. The average molecular weight is 285 g/mol. The molecule has 0 amide bonds. The zero-order valence-electron chi connectivity index (χ0n) is 12.6. The molecule has 0 spiro atoms. The van der Waals surface area contributed by atoms with Crippen LogP contribution in [0, 0.1) is 11.6 Å². The molecule has 0 aliphatic heterocycles. The fourth-order valence-electron chi connectivity index (χ4n) is 2.43. The maximum absolute atomic E-state index is 13.8. The van der Waals surface area contributed by atoms with Crippen LogP contribution in [0.1, 0.15) is 39.2 Å². The lowest BCUT2D eigenvalue weighted by molar-refractivity contribution is 0.0283. The Morgan fingerprint density at radius 1 is 1.20 bits per heavy atom. The largest absolute Gasteiger partial charge is 0.377 e. The van der Waals surface area contributed by atoms with Gasteiger partial charge in [0.15, 0.2) is 0 Å². The molecular formula is C16H25F2NO. The van der Waals surface area contributed by atoms with E-state index in [-0.39, 0.29) is 18.0 Å². The Hall–Kier alpha value is -1.00. The number of likely N-dealkylation sites (N-methyl/N-ethyl adjacent to an activating group) is 1. The molecule has 0 saturated heterocycles. The minimum absolute atomic E-state index is 0.00352. The van der Waals surface area contributed by atoms with Crippen molar-refractivity contribution >= 4 is 0 Å². The van der Waals surface area contributed by atoms with Crippen LogP contribution in [0.3, 0.4) is 0 Å². The van der Waals surface area contributed by atoms with E-state index in [1.54, 1.807) is 0 Å². The van der Waals surface area contributed by atoms with E-state index >= 15 is 0 Å². The fraction of sp³-hybridized carbons (Fsp3) is 0.625. The van der Waals surface area contributed by atoms with E-state index in [2.05, 4.69) is 12.2 Å². The number of nitrogens with one attached hydrogen (secondary N) is 1. The van der Waals surface area contributed by atoms with Gasteiger partial charge in [0.25, 0.3) is 0 Å². The quantitative estimate of drug-likeness (QED) is 0.747. The summed E-state index contributed by atoms with van der Waals surface area (Å²) in [6.07, 6.45) is 2.36. The molecule has 0 saturated carbocycles. The van der Waals surface area contributed by atoms with Crippen LogP contribution in [0.4, 0.5) is 8.78 Å². The SMILES string of the molecule is CCCC(OCC)C(Cc1cc(F)ccc1F)NCC. The number of rotatable bonds is 9. The van der Waals surface area contributed by atoms with Crippen molar-refractivity contribution in [2.45, 2.75) is 52.2 Å². The normalized spacial score (nSPS) is 14.2. The highest BCUT2D eigenvalue weighted by molar-refractivity contribution is 5.20. The average Bonchev–Trinajstić information content (AvgIpc) is 2.42. The molecule has 0 aliphatic carbocycles. The minimum Gasteiger partial charge on any atom is -0.377 e. The summed E-state index contributed by atoms with van der Waals surface area (Å²) in [7, 11) is 0. The van der Waals surface area contributed by atoms with Crippen molar-refractivity contribution in [3.05, 3.63) is 35.4 Å². The van der Waals surface area contributed by atoms with Crippen molar-refractivity contribution in [1.82, 2.24) is 5.32 Å². The number of benzene rings is 1. The number of hydrogen-bond donors (Lipinski definition) is 1. The van der Waals surface area contributed by atoms with Crippen LogP contribution in [-0.2, 0) is 11.2 Å². The van der Waals surface area contributed by atoms with E-state index in [1.807, 2.05) is 13.8 Å². The van der Waals surface area contributed by atoms with Crippen molar-refractivity contribution in [1.29, 1.82) is 0 Å². The number of halogens is 2. The molecule has 0 bridgehead atoms. The first kappa shape index (κ1) is 17.1. The molecule has 2 unspecified atom stereocenters. The maximum Gasteiger partial charge on any atom is 0.126 e. The van der Waals surface area contributed by atoms with Gasteiger partial charge in [0, 0.05) is 12.6 Å². The summed E-state index contributed by atoms with van der Waals surface area (Å²) in [5, 5.41) is 3.33. The highest BCUT2D eigenvalue weighted by Crippen LogP contribution is 2.17. The highest BCUT2D eigenvalue weighted by atomic mass is 19.1. The second-order valence-electron chi connectivity index (χ2n) is 4.89. The summed E-state index contributed by atoms with van der Waals surface area (Å²) in [6.45, 7) is 7.45. The van der Waals surface area contributed by atoms with Gasteiger partial charge in [-0.2, -0.15) is 0 Å². The summed E-state index contributed by atoms with van der Waals surface area (Å²) in [6, 6.07) is 3.60. The Bertz CT molecular complexity index is 392. The van der Waals surface area contributed by atoms with Crippen LogP contribution < -0.4 is 5.32 Å². The standard InChI is InChI=1S/C16H25F2NO/c1-4-7-16(20-6-3)15(19-5-2)11-12-10-13(17)8-9-14(12)18/h8-10,15-16,19H,4-7,11H2,1-3H3.